The summed E-state index contributed by atoms with van der Waals surface area (Å²) < 4.78 is 5.59. The first-order valence-electron chi connectivity index (χ1n) is 10.2. The Morgan fingerprint density at radius 1 is 0.630 bits per heavy atom. The minimum Gasteiger partial charge on any atom is -0.494 e. The first kappa shape index (κ1) is 20.7. The first-order chi connectivity index (χ1) is 13.3. The predicted molar refractivity (Wildman–Crippen MR) is 115 cm³/mol. The van der Waals surface area contributed by atoms with Crippen molar-refractivity contribution in [2.45, 2.75) is 58.8 Å². The summed E-state index contributed by atoms with van der Waals surface area (Å²) >= 11 is 0. The van der Waals surface area contributed by atoms with Gasteiger partial charge in [0, 0.05) is 23.1 Å². The molecule has 27 heavy (non-hydrogen) atoms. The number of hydrogen-bond donors (Lipinski definition) is 0. The molecular weight excluding hydrogens is 328 g/mol. The van der Waals surface area contributed by atoms with Crippen LogP contribution in [0.15, 0.2) is 48.5 Å². The maximum Gasteiger partial charge on any atom is 0.119 e. The van der Waals surface area contributed by atoms with Crippen molar-refractivity contribution in [3.8, 4) is 29.4 Å². The van der Waals surface area contributed by atoms with E-state index in [2.05, 4.69) is 49.7 Å². The molecule has 2 rings (SSSR count). The first-order valence-corrected chi connectivity index (χ1v) is 10.2. The molecule has 0 N–H and O–H groups in total. The molecule has 0 aliphatic carbocycles. The quantitative estimate of drug-likeness (QED) is 0.382. The van der Waals surface area contributed by atoms with Crippen LogP contribution in [0, 0.1) is 23.7 Å². The molecule has 0 aliphatic rings. The van der Waals surface area contributed by atoms with Crippen LogP contribution in [0.5, 0.6) is 5.75 Å². The highest BCUT2D eigenvalue weighted by Gasteiger charge is 1.93. The summed E-state index contributed by atoms with van der Waals surface area (Å²) in [6.07, 6.45) is 8.47. The lowest BCUT2D eigenvalue weighted by Crippen LogP contribution is -1.94. The molecule has 0 amide bonds. The van der Waals surface area contributed by atoms with Crippen molar-refractivity contribution in [3.63, 3.8) is 0 Å². The third-order valence-electron chi connectivity index (χ3n) is 4.20. The fourth-order valence-electron chi connectivity index (χ4n) is 2.62. The zero-order chi connectivity index (χ0) is 19.2. The highest BCUT2D eigenvalue weighted by molar-refractivity contribution is 5.46. The minimum atomic E-state index is 0.749. The van der Waals surface area contributed by atoms with Gasteiger partial charge in [-0.1, -0.05) is 63.2 Å². The van der Waals surface area contributed by atoms with Gasteiger partial charge in [0.05, 0.1) is 6.61 Å². The molecule has 0 radical (unpaired) electrons. The molecule has 0 unspecified atom stereocenters. The minimum absolute atomic E-state index is 0.749. The van der Waals surface area contributed by atoms with E-state index >= 15 is 0 Å². The smallest absolute Gasteiger partial charge is 0.119 e. The third-order valence-corrected chi connectivity index (χ3v) is 4.20. The summed E-state index contributed by atoms with van der Waals surface area (Å²) in [5.41, 5.74) is 3.06. The summed E-state index contributed by atoms with van der Waals surface area (Å²) in [4.78, 5) is 0. The Kier molecular flexibility index (Phi) is 9.70. The van der Waals surface area contributed by atoms with E-state index in [0.717, 1.165) is 41.9 Å². The van der Waals surface area contributed by atoms with Gasteiger partial charge in [0.25, 0.3) is 0 Å². The molecule has 0 fully saturated rings. The molecule has 0 aliphatic heterocycles. The van der Waals surface area contributed by atoms with Gasteiger partial charge in [-0.3, -0.25) is 0 Å². The molecule has 140 valence electrons. The molecule has 0 saturated heterocycles. The van der Waals surface area contributed by atoms with E-state index in [1.165, 1.54) is 32.1 Å². The Morgan fingerprint density at radius 3 is 1.78 bits per heavy atom. The number of hydrogen-bond acceptors (Lipinski definition) is 1. The number of benzene rings is 2. The van der Waals surface area contributed by atoms with Crippen LogP contribution < -0.4 is 4.74 Å². The van der Waals surface area contributed by atoms with E-state index < -0.39 is 0 Å². The van der Waals surface area contributed by atoms with Crippen molar-refractivity contribution in [1.82, 2.24) is 0 Å². The Bertz CT molecular complexity index is 777. The van der Waals surface area contributed by atoms with Crippen molar-refractivity contribution in [2.24, 2.45) is 0 Å². The lowest BCUT2D eigenvalue weighted by molar-refractivity contribution is 0.317. The van der Waals surface area contributed by atoms with E-state index in [1.54, 1.807) is 0 Å². The second-order valence-electron chi connectivity index (χ2n) is 6.67. The Balaban J connectivity index is 1.83. The van der Waals surface area contributed by atoms with Crippen molar-refractivity contribution >= 4 is 0 Å². The third kappa shape index (κ3) is 8.52. The lowest BCUT2D eigenvalue weighted by Gasteiger charge is -2.03. The maximum atomic E-state index is 5.59. The topological polar surface area (TPSA) is 9.23 Å². The highest BCUT2D eigenvalue weighted by atomic mass is 16.5. The molecule has 1 heteroatoms. The molecule has 0 aromatic heterocycles. The summed E-state index contributed by atoms with van der Waals surface area (Å²) in [5.74, 6) is 13.8. The number of unbranched alkanes of at least 4 members (excludes halogenated alkanes) is 5. The van der Waals surface area contributed by atoms with Crippen molar-refractivity contribution < 1.29 is 4.74 Å². The van der Waals surface area contributed by atoms with Gasteiger partial charge < -0.3 is 4.74 Å². The summed E-state index contributed by atoms with van der Waals surface area (Å²) in [6, 6.07) is 16.1. The van der Waals surface area contributed by atoms with Crippen LogP contribution in [0.2, 0.25) is 0 Å². The molecule has 2 aromatic rings. The SMILES string of the molecule is CCCCCCCC#Cc1ccc(C#Cc2ccc(OCCC)cc2)cc1. The average molecular weight is 359 g/mol. The van der Waals surface area contributed by atoms with Crippen LogP contribution >= 0.6 is 0 Å². The van der Waals surface area contributed by atoms with Gasteiger partial charge in [-0.05, 0) is 61.4 Å². The fraction of sp³-hybridized carbons (Fsp3) is 0.385. The summed E-state index contributed by atoms with van der Waals surface area (Å²) in [5, 5.41) is 0. The van der Waals surface area contributed by atoms with Crippen LogP contribution in [-0.4, -0.2) is 6.61 Å². The monoisotopic (exact) mass is 358 g/mol. The normalized spacial score (nSPS) is 9.70. The van der Waals surface area contributed by atoms with Gasteiger partial charge >= 0.3 is 0 Å². The molecule has 0 spiro atoms. The number of ether oxygens (including phenoxy) is 1. The Labute approximate surface area is 165 Å². The van der Waals surface area contributed by atoms with Crippen LogP contribution in [0.3, 0.4) is 0 Å². The van der Waals surface area contributed by atoms with E-state index in [4.69, 9.17) is 4.74 Å². The lowest BCUT2D eigenvalue weighted by atomic mass is 10.1. The standard InChI is InChI=1S/C26H30O/c1-3-5-6-7-8-9-10-11-23-12-14-24(15-13-23)16-17-25-18-20-26(21-19-25)27-22-4-2/h12-15,18-21H,3-9,22H2,1-2H3. The highest BCUT2D eigenvalue weighted by Crippen LogP contribution is 2.12. The second kappa shape index (κ2) is 12.7. The van der Waals surface area contributed by atoms with E-state index in [-0.39, 0.29) is 0 Å². The Hall–Kier alpha value is -2.64. The van der Waals surface area contributed by atoms with Crippen LogP contribution in [0.4, 0.5) is 0 Å². The van der Waals surface area contributed by atoms with Gasteiger partial charge in [-0.15, -0.1) is 0 Å². The van der Waals surface area contributed by atoms with Crippen molar-refractivity contribution in [1.29, 1.82) is 0 Å². The molecule has 0 heterocycles. The van der Waals surface area contributed by atoms with Gasteiger partial charge in [-0.2, -0.15) is 0 Å². The fourth-order valence-corrected chi connectivity index (χ4v) is 2.62. The molecule has 0 bridgehead atoms. The number of rotatable bonds is 8. The maximum absolute atomic E-state index is 5.59. The average Bonchev–Trinajstić information content (AvgIpc) is 2.71. The van der Waals surface area contributed by atoms with Crippen molar-refractivity contribution in [3.05, 3.63) is 65.2 Å². The molecular formula is C26H30O. The van der Waals surface area contributed by atoms with Gasteiger partial charge in [0.1, 0.15) is 5.75 Å². The Morgan fingerprint density at radius 2 is 1.19 bits per heavy atom. The van der Waals surface area contributed by atoms with E-state index in [1.807, 2.05) is 36.4 Å². The predicted octanol–water partition coefficient (Wildman–Crippen LogP) is 6.59. The van der Waals surface area contributed by atoms with Gasteiger partial charge in [0.2, 0.25) is 0 Å². The van der Waals surface area contributed by atoms with E-state index in [9.17, 15) is 0 Å². The molecule has 1 nitrogen and oxygen atoms in total. The second-order valence-corrected chi connectivity index (χ2v) is 6.67. The molecule has 2 aromatic carbocycles. The van der Waals surface area contributed by atoms with Gasteiger partial charge in [0.15, 0.2) is 0 Å². The zero-order valence-electron chi connectivity index (χ0n) is 16.7. The van der Waals surface area contributed by atoms with Crippen LogP contribution in [0.25, 0.3) is 0 Å². The van der Waals surface area contributed by atoms with Gasteiger partial charge in [-0.25, -0.2) is 0 Å². The van der Waals surface area contributed by atoms with Crippen LogP contribution in [0.1, 0.15) is 75.5 Å². The molecule has 0 saturated carbocycles. The van der Waals surface area contributed by atoms with Crippen molar-refractivity contribution in [2.75, 3.05) is 6.61 Å². The van der Waals surface area contributed by atoms with Crippen LogP contribution in [-0.2, 0) is 0 Å². The summed E-state index contributed by atoms with van der Waals surface area (Å²) in [6.45, 7) is 5.09. The zero-order valence-corrected chi connectivity index (χ0v) is 16.7. The summed E-state index contributed by atoms with van der Waals surface area (Å²) in [7, 11) is 0. The molecule has 0 atom stereocenters. The largest absolute Gasteiger partial charge is 0.494 e. The van der Waals surface area contributed by atoms with E-state index in [0.29, 0.717) is 0 Å².